The lowest BCUT2D eigenvalue weighted by molar-refractivity contribution is 0.363. The molecule has 0 N–H and O–H groups in total. The second kappa shape index (κ2) is 6.49. The van der Waals surface area contributed by atoms with Gasteiger partial charge in [-0.25, -0.2) is 0 Å². The first-order valence-electron chi connectivity index (χ1n) is 6.06. The van der Waals surface area contributed by atoms with Gasteiger partial charge in [0.2, 0.25) is 0 Å². The Balaban J connectivity index is 2.88. The van der Waals surface area contributed by atoms with Crippen LogP contribution in [0.2, 0.25) is 0 Å². The van der Waals surface area contributed by atoms with Crippen LogP contribution in [0.1, 0.15) is 32.8 Å². The van der Waals surface area contributed by atoms with Gasteiger partial charge in [0, 0.05) is 5.03 Å². The van der Waals surface area contributed by atoms with Crippen LogP contribution in [0.3, 0.4) is 0 Å². The molecule has 1 atom stereocenters. The van der Waals surface area contributed by atoms with Crippen LogP contribution in [0, 0.1) is 5.41 Å². The fourth-order valence-corrected chi connectivity index (χ4v) is 1.99. The zero-order valence-corrected chi connectivity index (χ0v) is 12.8. The summed E-state index contributed by atoms with van der Waals surface area (Å²) in [7, 11) is 1.64. The smallest absolute Gasteiger partial charge is 0.118 e. The molecule has 0 bridgehead atoms. The average molecular weight is 287 g/mol. The van der Waals surface area contributed by atoms with Crippen LogP contribution in [0.25, 0.3) is 5.03 Å². The Morgan fingerprint density at radius 2 is 1.89 bits per heavy atom. The monoisotopic (exact) mass is 286 g/mol. The first-order chi connectivity index (χ1) is 8.40. The van der Waals surface area contributed by atoms with Gasteiger partial charge in [-0.3, -0.25) is 0 Å². The SMILES string of the molecule is CCC(C)(C)C(Cl)C=C(Cl)c1ccc(OC)cc1. The zero-order valence-electron chi connectivity index (χ0n) is 11.3. The van der Waals surface area contributed by atoms with Crippen molar-refractivity contribution in [2.45, 2.75) is 32.6 Å². The van der Waals surface area contributed by atoms with Gasteiger partial charge in [-0.05, 0) is 47.7 Å². The van der Waals surface area contributed by atoms with E-state index < -0.39 is 0 Å². The Kier molecular flexibility index (Phi) is 5.55. The van der Waals surface area contributed by atoms with Crippen molar-refractivity contribution in [1.29, 1.82) is 0 Å². The molecule has 0 amide bonds. The molecular weight excluding hydrogens is 267 g/mol. The molecule has 0 aliphatic rings. The molecule has 0 heterocycles. The largest absolute Gasteiger partial charge is 0.497 e. The summed E-state index contributed by atoms with van der Waals surface area (Å²) in [6.07, 6.45) is 2.92. The van der Waals surface area contributed by atoms with Gasteiger partial charge in [-0.15, -0.1) is 11.6 Å². The van der Waals surface area contributed by atoms with Crippen LogP contribution >= 0.6 is 23.2 Å². The van der Waals surface area contributed by atoms with E-state index in [9.17, 15) is 0 Å². The molecule has 0 saturated carbocycles. The molecule has 0 aliphatic heterocycles. The Labute approximate surface area is 120 Å². The number of ether oxygens (including phenoxy) is 1. The highest BCUT2D eigenvalue weighted by molar-refractivity contribution is 6.49. The van der Waals surface area contributed by atoms with Crippen molar-refractivity contribution in [3.8, 4) is 5.75 Å². The third-order valence-electron chi connectivity index (χ3n) is 3.32. The number of alkyl halides is 1. The molecule has 1 aromatic rings. The average Bonchev–Trinajstić information content (AvgIpc) is 2.38. The van der Waals surface area contributed by atoms with Crippen LogP contribution in [0.4, 0.5) is 0 Å². The standard InChI is InChI=1S/C15H20Cl2O/c1-5-15(2,3)14(17)10-13(16)11-6-8-12(18-4)9-7-11/h6-10,14H,5H2,1-4H3. The van der Waals surface area contributed by atoms with Gasteiger partial charge < -0.3 is 4.74 Å². The van der Waals surface area contributed by atoms with Crippen molar-refractivity contribution in [1.82, 2.24) is 0 Å². The van der Waals surface area contributed by atoms with Gasteiger partial charge in [-0.2, -0.15) is 0 Å². The van der Waals surface area contributed by atoms with E-state index in [1.54, 1.807) is 7.11 Å². The molecule has 1 rings (SSSR count). The third-order valence-corrected chi connectivity index (χ3v) is 4.38. The lowest BCUT2D eigenvalue weighted by Crippen LogP contribution is -2.21. The van der Waals surface area contributed by atoms with E-state index in [0.29, 0.717) is 5.03 Å². The summed E-state index contributed by atoms with van der Waals surface area (Å²) in [5, 5.41) is 0.594. The van der Waals surface area contributed by atoms with Crippen molar-refractivity contribution in [3.05, 3.63) is 35.9 Å². The minimum absolute atomic E-state index is 0.0359. The van der Waals surface area contributed by atoms with E-state index in [1.165, 1.54) is 0 Å². The minimum atomic E-state index is -0.0860. The molecule has 0 aromatic heterocycles. The third kappa shape index (κ3) is 3.93. The first-order valence-corrected chi connectivity index (χ1v) is 6.88. The molecule has 18 heavy (non-hydrogen) atoms. The fraction of sp³-hybridized carbons (Fsp3) is 0.467. The molecule has 0 aliphatic carbocycles. The molecule has 3 heteroatoms. The van der Waals surface area contributed by atoms with Crippen LogP contribution in [0.5, 0.6) is 5.75 Å². The summed E-state index contributed by atoms with van der Waals surface area (Å²) >= 11 is 12.7. The number of halogens is 2. The Hall–Kier alpha value is -0.660. The van der Waals surface area contributed by atoms with Crippen molar-refractivity contribution in [2.24, 2.45) is 5.41 Å². The molecule has 0 radical (unpaired) electrons. The summed E-state index contributed by atoms with van der Waals surface area (Å²) in [4.78, 5) is 0. The number of benzene rings is 1. The maximum absolute atomic E-state index is 6.39. The summed E-state index contributed by atoms with van der Waals surface area (Å²) < 4.78 is 5.11. The molecule has 1 unspecified atom stereocenters. The number of methoxy groups -OCH3 is 1. The van der Waals surface area contributed by atoms with Crippen molar-refractivity contribution in [2.75, 3.05) is 7.11 Å². The van der Waals surface area contributed by atoms with E-state index in [4.69, 9.17) is 27.9 Å². The van der Waals surface area contributed by atoms with Gasteiger partial charge in [0.05, 0.1) is 12.5 Å². The molecule has 0 fully saturated rings. The van der Waals surface area contributed by atoms with Crippen LogP contribution < -0.4 is 4.74 Å². The summed E-state index contributed by atoms with van der Waals surface area (Å²) in [5.74, 6) is 0.819. The molecule has 1 aromatic carbocycles. The molecule has 0 spiro atoms. The van der Waals surface area contributed by atoms with Crippen LogP contribution in [-0.2, 0) is 0 Å². The van der Waals surface area contributed by atoms with E-state index >= 15 is 0 Å². The minimum Gasteiger partial charge on any atom is -0.497 e. The quantitative estimate of drug-likeness (QED) is 0.666. The first kappa shape index (κ1) is 15.4. The summed E-state index contributed by atoms with van der Waals surface area (Å²) in [6, 6.07) is 7.64. The summed E-state index contributed by atoms with van der Waals surface area (Å²) in [5.41, 5.74) is 0.990. The number of rotatable bonds is 5. The second-order valence-corrected chi connectivity index (χ2v) is 5.86. The fourth-order valence-electron chi connectivity index (χ4n) is 1.40. The topological polar surface area (TPSA) is 9.23 Å². The Morgan fingerprint density at radius 1 is 1.33 bits per heavy atom. The van der Waals surface area contributed by atoms with Crippen molar-refractivity contribution >= 4 is 28.2 Å². The lowest BCUT2D eigenvalue weighted by atomic mass is 9.85. The van der Waals surface area contributed by atoms with E-state index in [-0.39, 0.29) is 10.8 Å². The molecule has 100 valence electrons. The normalized spacial score (nSPS) is 14.4. The van der Waals surface area contributed by atoms with Gasteiger partial charge in [-0.1, -0.05) is 32.4 Å². The highest BCUT2D eigenvalue weighted by Gasteiger charge is 2.24. The Bertz CT molecular complexity index is 407. The number of allylic oxidation sites excluding steroid dienone is 1. The molecule has 0 saturated heterocycles. The highest BCUT2D eigenvalue weighted by Crippen LogP contribution is 2.33. The van der Waals surface area contributed by atoms with E-state index in [1.807, 2.05) is 30.3 Å². The highest BCUT2D eigenvalue weighted by atomic mass is 35.5. The molecule has 1 nitrogen and oxygen atoms in total. The number of hydrogen-bond acceptors (Lipinski definition) is 1. The number of hydrogen-bond donors (Lipinski definition) is 0. The van der Waals surface area contributed by atoms with Crippen molar-refractivity contribution < 1.29 is 4.74 Å². The van der Waals surface area contributed by atoms with E-state index in [0.717, 1.165) is 17.7 Å². The van der Waals surface area contributed by atoms with Gasteiger partial charge in [0.1, 0.15) is 5.75 Å². The van der Waals surface area contributed by atoms with Gasteiger partial charge in [0.15, 0.2) is 0 Å². The zero-order chi connectivity index (χ0) is 13.8. The Morgan fingerprint density at radius 3 is 2.33 bits per heavy atom. The van der Waals surface area contributed by atoms with Crippen molar-refractivity contribution in [3.63, 3.8) is 0 Å². The maximum atomic E-state index is 6.39. The summed E-state index contributed by atoms with van der Waals surface area (Å²) in [6.45, 7) is 6.41. The lowest BCUT2D eigenvalue weighted by Gasteiger charge is -2.26. The van der Waals surface area contributed by atoms with Crippen LogP contribution in [-0.4, -0.2) is 12.5 Å². The van der Waals surface area contributed by atoms with Crippen LogP contribution in [0.15, 0.2) is 30.3 Å². The predicted octanol–water partition coefficient (Wildman–Crippen LogP) is 5.32. The maximum Gasteiger partial charge on any atom is 0.118 e. The van der Waals surface area contributed by atoms with Gasteiger partial charge in [0.25, 0.3) is 0 Å². The second-order valence-electron chi connectivity index (χ2n) is 4.99. The molecular formula is C15H20Cl2O. The predicted molar refractivity (Wildman–Crippen MR) is 80.5 cm³/mol. The van der Waals surface area contributed by atoms with E-state index in [2.05, 4.69) is 20.8 Å². The van der Waals surface area contributed by atoms with Gasteiger partial charge >= 0.3 is 0 Å².